The van der Waals surface area contributed by atoms with Crippen LogP contribution in [0.15, 0.2) is 30.5 Å². The van der Waals surface area contributed by atoms with Gasteiger partial charge in [-0.3, -0.25) is 0 Å². The lowest BCUT2D eigenvalue weighted by Crippen LogP contribution is -2.39. The molecular weight excluding hydrogens is 425 g/mol. The zero-order chi connectivity index (χ0) is 22.7. The van der Waals surface area contributed by atoms with E-state index >= 15 is 0 Å². The predicted octanol–water partition coefficient (Wildman–Crippen LogP) is 2.73. The number of aliphatic hydroxyl groups is 2. The molecule has 32 heavy (non-hydrogen) atoms. The lowest BCUT2D eigenvalue weighted by molar-refractivity contribution is -0.137. The third-order valence-electron chi connectivity index (χ3n) is 6.02. The van der Waals surface area contributed by atoms with E-state index in [0.29, 0.717) is 55.2 Å². The molecule has 8 nitrogen and oxygen atoms in total. The van der Waals surface area contributed by atoms with Crippen LogP contribution in [-0.2, 0) is 6.18 Å². The fraction of sp³-hybridized carbons (Fsp3) is 0.476. The lowest BCUT2D eigenvalue weighted by Gasteiger charge is -2.32. The van der Waals surface area contributed by atoms with Gasteiger partial charge in [0.25, 0.3) is 0 Å². The molecule has 0 radical (unpaired) electrons. The summed E-state index contributed by atoms with van der Waals surface area (Å²) in [6.07, 6.45) is -1.59. The summed E-state index contributed by atoms with van der Waals surface area (Å²) in [6, 6.07) is 4.93. The Bertz CT molecular complexity index is 1160. The first-order valence-electron chi connectivity index (χ1n) is 10.4. The van der Waals surface area contributed by atoms with Gasteiger partial charge in [-0.2, -0.15) is 28.2 Å². The predicted molar refractivity (Wildman–Crippen MR) is 112 cm³/mol. The first kappa shape index (κ1) is 21.0. The van der Waals surface area contributed by atoms with E-state index in [1.54, 1.807) is 13.0 Å². The minimum Gasteiger partial charge on any atom is -0.393 e. The summed E-state index contributed by atoms with van der Waals surface area (Å²) < 4.78 is 41.1. The zero-order valence-electron chi connectivity index (χ0n) is 17.3. The van der Waals surface area contributed by atoms with E-state index < -0.39 is 17.3 Å². The van der Waals surface area contributed by atoms with Crippen LogP contribution in [0, 0.1) is 0 Å². The molecule has 3 aromatic rings. The molecule has 1 saturated heterocycles. The van der Waals surface area contributed by atoms with E-state index in [0.717, 1.165) is 12.1 Å². The highest BCUT2D eigenvalue weighted by atomic mass is 19.4. The SMILES string of the molecule is C[C@]1(O)CCN(c2nc(N[C@H]3C[C@@H](O)C3)nc3c2cnn3-c2cccc(C(F)(F)F)c2)C1. The molecule has 1 aliphatic carbocycles. The van der Waals surface area contributed by atoms with Crippen molar-refractivity contribution in [1.29, 1.82) is 0 Å². The van der Waals surface area contributed by atoms with Crippen molar-refractivity contribution in [2.75, 3.05) is 23.3 Å². The molecule has 3 N–H and O–H groups in total. The van der Waals surface area contributed by atoms with Crippen molar-refractivity contribution in [2.45, 2.75) is 50.1 Å². The molecule has 0 amide bonds. The van der Waals surface area contributed by atoms with Crippen LogP contribution in [0.2, 0.25) is 0 Å². The van der Waals surface area contributed by atoms with E-state index in [4.69, 9.17) is 0 Å². The molecule has 1 aliphatic heterocycles. The fourth-order valence-corrected chi connectivity index (χ4v) is 4.22. The van der Waals surface area contributed by atoms with Crippen molar-refractivity contribution in [3.05, 3.63) is 36.0 Å². The van der Waals surface area contributed by atoms with Crippen LogP contribution in [0.1, 0.15) is 31.7 Å². The average molecular weight is 448 g/mol. The van der Waals surface area contributed by atoms with Crippen LogP contribution in [0.4, 0.5) is 24.9 Å². The Morgan fingerprint density at radius 2 is 2.00 bits per heavy atom. The highest BCUT2D eigenvalue weighted by Gasteiger charge is 2.35. The molecule has 170 valence electrons. The number of aromatic nitrogens is 4. The van der Waals surface area contributed by atoms with Gasteiger partial charge < -0.3 is 20.4 Å². The second-order valence-electron chi connectivity index (χ2n) is 8.85. The molecule has 2 aliphatic rings. The van der Waals surface area contributed by atoms with E-state index in [1.165, 1.54) is 16.9 Å². The van der Waals surface area contributed by atoms with Gasteiger partial charge in [0.1, 0.15) is 5.82 Å². The van der Waals surface area contributed by atoms with E-state index in [-0.39, 0.29) is 17.8 Å². The molecule has 1 atom stereocenters. The molecular formula is C21H23F3N6O2. The number of anilines is 2. The summed E-state index contributed by atoms with van der Waals surface area (Å²) in [5.74, 6) is 0.873. The first-order valence-corrected chi connectivity index (χ1v) is 10.4. The third kappa shape index (κ3) is 3.86. The second kappa shape index (κ2) is 7.31. The number of nitrogens with zero attached hydrogens (tertiary/aromatic N) is 5. The second-order valence-corrected chi connectivity index (χ2v) is 8.85. The van der Waals surface area contributed by atoms with Crippen LogP contribution >= 0.6 is 0 Å². The van der Waals surface area contributed by atoms with Crippen molar-refractivity contribution in [3.63, 3.8) is 0 Å². The number of fused-ring (bicyclic) bond motifs is 1. The Kier molecular flexibility index (Phi) is 4.79. The van der Waals surface area contributed by atoms with E-state index in [1.807, 2.05) is 4.90 Å². The van der Waals surface area contributed by atoms with Crippen LogP contribution < -0.4 is 10.2 Å². The standard InChI is InChI=1S/C21H23F3N6O2/c1-20(32)5-6-29(11-20)17-16-10-25-30(14-4-2-3-12(7-14)21(22,23)24)18(16)28-19(27-17)26-13-8-15(31)9-13/h2-4,7,10,13,15,31-32H,5-6,8-9,11H2,1H3,(H,26,27,28)/t13-,15+,20-/m0/s1. The molecule has 5 rings (SSSR count). The van der Waals surface area contributed by atoms with Gasteiger partial charge >= 0.3 is 6.18 Å². The van der Waals surface area contributed by atoms with Crippen molar-refractivity contribution < 1.29 is 23.4 Å². The molecule has 11 heteroatoms. The normalized spacial score (nSPS) is 25.9. The summed E-state index contributed by atoms with van der Waals surface area (Å²) in [7, 11) is 0. The lowest BCUT2D eigenvalue weighted by atomic mass is 9.90. The first-order chi connectivity index (χ1) is 15.1. The highest BCUT2D eigenvalue weighted by Crippen LogP contribution is 2.34. The number of halogens is 3. The van der Waals surface area contributed by atoms with Crippen molar-refractivity contribution >= 4 is 22.8 Å². The van der Waals surface area contributed by atoms with Crippen LogP contribution in [-0.4, -0.2) is 60.8 Å². The summed E-state index contributed by atoms with van der Waals surface area (Å²) >= 11 is 0. The number of hydrogen-bond acceptors (Lipinski definition) is 7. The fourth-order valence-electron chi connectivity index (χ4n) is 4.22. The highest BCUT2D eigenvalue weighted by molar-refractivity contribution is 5.89. The van der Waals surface area contributed by atoms with Crippen molar-refractivity contribution in [3.8, 4) is 5.69 Å². The quantitative estimate of drug-likeness (QED) is 0.565. The molecule has 2 fully saturated rings. The smallest absolute Gasteiger partial charge is 0.393 e. The number of alkyl halides is 3. The van der Waals surface area contributed by atoms with Gasteiger partial charge in [-0.15, -0.1) is 0 Å². The minimum atomic E-state index is -4.47. The van der Waals surface area contributed by atoms with Crippen LogP contribution in [0.5, 0.6) is 0 Å². The molecule has 0 unspecified atom stereocenters. The number of aliphatic hydroxyl groups excluding tert-OH is 1. The Hall–Kier alpha value is -2.92. The number of hydrogen-bond donors (Lipinski definition) is 3. The molecule has 2 aromatic heterocycles. The van der Waals surface area contributed by atoms with Crippen molar-refractivity contribution in [1.82, 2.24) is 19.7 Å². The summed E-state index contributed by atoms with van der Waals surface area (Å²) in [5.41, 5.74) is -1.04. The van der Waals surface area contributed by atoms with Crippen LogP contribution in [0.3, 0.4) is 0 Å². The largest absolute Gasteiger partial charge is 0.416 e. The zero-order valence-corrected chi connectivity index (χ0v) is 17.3. The minimum absolute atomic E-state index is 0.0157. The number of benzene rings is 1. The summed E-state index contributed by atoms with van der Waals surface area (Å²) in [4.78, 5) is 11.1. The number of nitrogens with one attached hydrogen (secondary N) is 1. The third-order valence-corrected chi connectivity index (χ3v) is 6.02. The Labute approximate surface area is 181 Å². The number of β-amino-alcohol motifs (C(OH)–C–C–N with tert-alkyl or cyclic N) is 1. The molecule has 0 spiro atoms. The molecule has 1 saturated carbocycles. The van der Waals surface area contributed by atoms with Crippen molar-refractivity contribution in [2.24, 2.45) is 0 Å². The summed E-state index contributed by atoms with van der Waals surface area (Å²) in [5, 5.41) is 28.1. The Morgan fingerprint density at radius 3 is 2.66 bits per heavy atom. The van der Waals surface area contributed by atoms with E-state index in [9.17, 15) is 23.4 Å². The topological polar surface area (TPSA) is 99.3 Å². The molecule has 3 heterocycles. The van der Waals surface area contributed by atoms with Gasteiger partial charge in [-0.05, 0) is 44.4 Å². The maximum atomic E-state index is 13.2. The maximum Gasteiger partial charge on any atom is 0.416 e. The Balaban J connectivity index is 1.60. The maximum absolute atomic E-state index is 13.2. The monoisotopic (exact) mass is 448 g/mol. The van der Waals surface area contributed by atoms with Crippen LogP contribution in [0.25, 0.3) is 16.7 Å². The average Bonchev–Trinajstić information content (AvgIpc) is 3.28. The van der Waals surface area contributed by atoms with Gasteiger partial charge in [0.2, 0.25) is 5.95 Å². The van der Waals surface area contributed by atoms with Gasteiger partial charge in [0, 0.05) is 19.1 Å². The van der Waals surface area contributed by atoms with E-state index in [2.05, 4.69) is 20.4 Å². The van der Waals surface area contributed by atoms with Gasteiger partial charge in [0.15, 0.2) is 5.65 Å². The molecule has 0 bridgehead atoms. The molecule has 1 aromatic carbocycles. The Morgan fingerprint density at radius 1 is 1.22 bits per heavy atom. The van der Waals surface area contributed by atoms with Gasteiger partial charge in [-0.1, -0.05) is 6.07 Å². The summed E-state index contributed by atoms with van der Waals surface area (Å²) in [6.45, 7) is 2.71. The number of rotatable bonds is 4. The van der Waals surface area contributed by atoms with Gasteiger partial charge in [-0.25, -0.2) is 4.68 Å². The van der Waals surface area contributed by atoms with Gasteiger partial charge in [0.05, 0.1) is 34.5 Å².